The normalized spacial score (nSPS) is 11.0. The average molecular weight is 420 g/mol. The lowest BCUT2D eigenvalue weighted by atomic mass is 9.94. The minimum Gasteiger partial charge on any atom is -0.353 e. The first-order chi connectivity index (χ1) is 15.3. The third-order valence-corrected chi connectivity index (χ3v) is 6.35. The van der Waals surface area contributed by atoms with E-state index < -0.39 is 0 Å². The van der Waals surface area contributed by atoms with Crippen LogP contribution in [-0.2, 0) is 0 Å². The Bertz CT molecular complexity index is 1420. The van der Waals surface area contributed by atoms with Gasteiger partial charge in [0.15, 0.2) is 5.43 Å². The fraction of sp³-hybridized carbons (Fsp3) is 0.0357. The predicted molar refractivity (Wildman–Crippen MR) is 133 cm³/mol. The van der Waals surface area contributed by atoms with Gasteiger partial charge >= 0.3 is 0 Å². The molecule has 5 aromatic rings. The molecule has 0 atom stereocenters. The van der Waals surface area contributed by atoms with Crippen LogP contribution in [0.25, 0.3) is 44.4 Å². The van der Waals surface area contributed by atoms with Gasteiger partial charge in [0.05, 0.1) is 16.8 Å². The van der Waals surface area contributed by atoms with Crippen LogP contribution in [0.5, 0.6) is 0 Å². The largest absolute Gasteiger partial charge is 0.353 e. The van der Waals surface area contributed by atoms with Crippen LogP contribution in [0.4, 0.5) is 0 Å². The minimum atomic E-state index is 0.0438. The number of rotatable bonds is 4. The van der Waals surface area contributed by atoms with Crippen molar-refractivity contribution in [2.45, 2.75) is 4.90 Å². The van der Waals surface area contributed by atoms with Crippen molar-refractivity contribution in [3.63, 3.8) is 0 Å². The fourth-order valence-electron chi connectivity index (χ4n) is 4.11. The van der Waals surface area contributed by atoms with E-state index in [-0.39, 0.29) is 5.43 Å². The van der Waals surface area contributed by atoms with Gasteiger partial charge < -0.3 is 4.98 Å². The molecule has 0 bridgehead atoms. The molecular formula is C28H21NOS. The molecule has 0 radical (unpaired) electrons. The number of H-pyrrole nitrogens is 1. The van der Waals surface area contributed by atoms with E-state index in [0.29, 0.717) is 10.9 Å². The number of aromatic amines is 1. The second-order valence-electron chi connectivity index (χ2n) is 7.36. The van der Waals surface area contributed by atoms with Gasteiger partial charge in [0.1, 0.15) is 0 Å². The summed E-state index contributed by atoms with van der Waals surface area (Å²) in [6, 6.07) is 34.3. The molecule has 0 saturated carbocycles. The van der Waals surface area contributed by atoms with Gasteiger partial charge in [-0.15, -0.1) is 11.8 Å². The average Bonchev–Trinajstić information content (AvgIpc) is 2.84. The summed E-state index contributed by atoms with van der Waals surface area (Å²) >= 11 is 1.71. The van der Waals surface area contributed by atoms with Gasteiger partial charge in [-0.05, 0) is 35.1 Å². The van der Waals surface area contributed by atoms with Crippen molar-refractivity contribution in [2.75, 3.05) is 6.26 Å². The summed E-state index contributed by atoms with van der Waals surface area (Å²) in [4.78, 5) is 18.7. The molecule has 2 nitrogen and oxygen atoms in total. The van der Waals surface area contributed by atoms with Crippen LogP contribution >= 0.6 is 11.8 Å². The molecule has 0 fully saturated rings. The highest BCUT2D eigenvalue weighted by Gasteiger charge is 2.18. The van der Waals surface area contributed by atoms with Crippen LogP contribution in [-0.4, -0.2) is 11.2 Å². The molecule has 0 saturated heterocycles. The number of hydrogen-bond donors (Lipinski definition) is 1. The van der Waals surface area contributed by atoms with Gasteiger partial charge in [-0.1, -0.05) is 91.0 Å². The maximum atomic E-state index is 13.8. The number of benzene rings is 4. The molecule has 1 aromatic heterocycles. The van der Waals surface area contributed by atoms with E-state index >= 15 is 0 Å². The van der Waals surface area contributed by atoms with Gasteiger partial charge in [0.25, 0.3) is 0 Å². The Morgan fingerprint density at radius 2 is 1.26 bits per heavy atom. The van der Waals surface area contributed by atoms with E-state index in [2.05, 4.69) is 29.4 Å². The fourth-order valence-corrected chi connectivity index (χ4v) is 4.72. The molecular weight excluding hydrogens is 398 g/mol. The van der Waals surface area contributed by atoms with Crippen LogP contribution < -0.4 is 5.43 Å². The van der Waals surface area contributed by atoms with E-state index in [4.69, 9.17) is 0 Å². The summed E-state index contributed by atoms with van der Waals surface area (Å²) in [6.07, 6.45) is 2.08. The summed E-state index contributed by atoms with van der Waals surface area (Å²) in [5.41, 5.74) is 6.54. The van der Waals surface area contributed by atoms with E-state index in [9.17, 15) is 4.79 Å². The highest BCUT2D eigenvalue weighted by Crippen LogP contribution is 2.36. The second kappa shape index (κ2) is 8.29. The molecule has 0 aliphatic rings. The highest BCUT2D eigenvalue weighted by atomic mass is 32.2. The second-order valence-corrected chi connectivity index (χ2v) is 8.21. The zero-order valence-corrected chi connectivity index (χ0v) is 17.9. The molecule has 31 heavy (non-hydrogen) atoms. The number of aromatic nitrogens is 1. The van der Waals surface area contributed by atoms with Crippen molar-refractivity contribution in [2.24, 2.45) is 0 Å². The van der Waals surface area contributed by atoms with Gasteiger partial charge in [-0.2, -0.15) is 0 Å². The van der Waals surface area contributed by atoms with E-state index in [0.717, 1.165) is 33.5 Å². The quantitative estimate of drug-likeness (QED) is 0.311. The summed E-state index contributed by atoms with van der Waals surface area (Å²) in [7, 11) is 0. The van der Waals surface area contributed by atoms with E-state index in [1.165, 1.54) is 4.90 Å². The summed E-state index contributed by atoms with van der Waals surface area (Å²) < 4.78 is 0. The number of hydrogen-bond acceptors (Lipinski definition) is 2. The molecule has 4 aromatic carbocycles. The van der Waals surface area contributed by atoms with Gasteiger partial charge in [0.2, 0.25) is 0 Å². The van der Waals surface area contributed by atoms with E-state index in [1.54, 1.807) is 11.8 Å². The Morgan fingerprint density at radius 3 is 1.97 bits per heavy atom. The van der Waals surface area contributed by atoms with Gasteiger partial charge in [0, 0.05) is 15.8 Å². The standard InChI is InChI=1S/C28H21NOS/c1-31-24-18-9-8-15-21(24)22-16-10-17-23-27(22)29-26(20-13-6-3-7-14-20)25(28(23)30)19-11-4-2-5-12-19/h2-18H,1H3,(H,29,30). The molecule has 5 rings (SSSR count). The molecule has 0 aliphatic carbocycles. The van der Waals surface area contributed by atoms with Crippen molar-refractivity contribution in [3.8, 4) is 33.5 Å². The summed E-state index contributed by atoms with van der Waals surface area (Å²) in [5, 5.41) is 0.701. The zero-order valence-electron chi connectivity index (χ0n) is 17.1. The lowest BCUT2D eigenvalue weighted by Gasteiger charge is -2.15. The molecule has 1 N–H and O–H groups in total. The Hall–Kier alpha value is -3.56. The van der Waals surface area contributed by atoms with Crippen molar-refractivity contribution in [1.82, 2.24) is 4.98 Å². The number of nitrogens with one attached hydrogen (secondary N) is 1. The Labute approximate surface area is 185 Å². The monoisotopic (exact) mass is 419 g/mol. The predicted octanol–water partition coefficient (Wildman–Crippen LogP) is 7.25. The third kappa shape index (κ3) is 3.47. The van der Waals surface area contributed by atoms with Gasteiger partial charge in [-0.3, -0.25) is 4.79 Å². The smallest absolute Gasteiger partial charge is 0.197 e. The Morgan fingerprint density at radius 1 is 0.645 bits per heavy atom. The third-order valence-electron chi connectivity index (χ3n) is 5.56. The zero-order chi connectivity index (χ0) is 21.2. The van der Waals surface area contributed by atoms with Crippen LogP contribution in [0, 0.1) is 0 Å². The Kier molecular flexibility index (Phi) is 5.19. The summed E-state index contributed by atoms with van der Waals surface area (Å²) in [5.74, 6) is 0. The topological polar surface area (TPSA) is 32.9 Å². The molecule has 0 aliphatic heterocycles. The first-order valence-electron chi connectivity index (χ1n) is 10.2. The van der Waals surface area contributed by atoms with Crippen molar-refractivity contribution in [3.05, 3.63) is 113 Å². The van der Waals surface area contributed by atoms with Gasteiger partial charge in [-0.25, -0.2) is 0 Å². The lowest BCUT2D eigenvalue weighted by Crippen LogP contribution is -2.10. The number of fused-ring (bicyclic) bond motifs is 1. The van der Waals surface area contributed by atoms with Crippen LogP contribution in [0.3, 0.4) is 0 Å². The first-order valence-corrected chi connectivity index (χ1v) is 11.4. The molecule has 0 unspecified atom stereocenters. The number of para-hydroxylation sites is 1. The SMILES string of the molecule is CSc1ccccc1-c1cccc2c(=O)c(-c3ccccc3)c(-c3ccccc3)[nH]c12. The molecule has 3 heteroatoms. The lowest BCUT2D eigenvalue weighted by molar-refractivity contribution is 1.36. The molecule has 1 heterocycles. The van der Waals surface area contributed by atoms with E-state index in [1.807, 2.05) is 84.9 Å². The first kappa shape index (κ1) is 19.4. The number of thioether (sulfide) groups is 1. The minimum absolute atomic E-state index is 0.0438. The molecule has 0 amide bonds. The molecule has 0 spiro atoms. The van der Waals surface area contributed by atoms with Crippen molar-refractivity contribution >= 4 is 22.7 Å². The van der Waals surface area contributed by atoms with Crippen LogP contribution in [0.15, 0.2) is 113 Å². The number of pyridine rings is 1. The maximum Gasteiger partial charge on any atom is 0.197 e. The maximum absolute atomic E-state index is 13.8. The molecule has 150 valence electrons. The van der Waals surface area contributed by atoms with Crippen LogP contribution in [0.1, 0.15) is 0 Å². The highest BCUT2D eigenvalue weighted by molar-refractivity contribution is 7.98. The van der Waals surface area contributed by atoms with Crippen molar-refractivity contribution < 1.29 is 0 Å². The Balaban J connectivity index is 1.90. The van der Waals surface area contributed by atoms with Crippen molar-refractivity contribution in [1.29, 1.82) is 0 Å². The summed E-state index contributed by atoms with van der Waals surface area (Å²) in [6.45, 7) is 0. The van der Waals surface area contributed by atoms with Crippen LogP contribution in [0.2, 0.25) is 0 Å².